The molecule has 0 aliphatic carbocycles. The van der Waals surface area contributed by atoms with Gasteiger partial charge in [0.25, 0.3) is 0 Å². The highest BCUT2D eigenvalue weighted by Crippen LogP contribution is 2.16. The summed E-state index contributed by atoms with van der Waals surface area (Å²) in [6.45, 7) is 12.8. The van der Waals surface area contributed by atoms with Gasteiger partial charge in [0.15, 0.2) is 5.82 Å². The molecule has 2 rings (SSSR count). The highest BCUT2D eigenvalue weighted by Gasteiger charge is 2.19. The lowest BCUT2D eigenvalue weighted by atomic mass is 9.96. The van der Waals surface area contributed by atoms with Crippen LogP contribution in [0.4, 0.5) is 0 Å². The third-order valence-electron chi connectivity index (χ3n) is 3.17. The number of aromatic nitrogens is 4. The fourth-order valence-electron chi connectivity index (χ4n) is 2.01. The van der Waals surface area contributed by atoms with Crippen LogP contribution in [0.3, 0.4) is 0 Å². The van der Waals surface area contributed by atoms with E-state index in [-0.39, 0.29) is 5.41 Å². The van der Waals surface area contributed by atoms with E-state index >= 15 is 0 Å². The molecule has 0 radical (unpaired) electrons. The Kier molecular flexibility index (Phi) is 4.29. The second-order valence-corrected chi connectivity index (χ2v) is 5.90. The van der Waals surface area contributed by atoms with Gasteiger partial charge in [-0.3, -0.25) is 0 Å². The van der Waals surface area contributed by atoms with Gasteiger partial charge in [0.05, 0.1) is 6.54 Å². The monoisotopic (exact) mass is 252 g/mol. The van der Waals surface area contributed by atoms with Gasteiger partial charge in [-0.05, 0) is 11.6 Å². The first-order chi connectivity index (χ1) is 8.55. The highest BCUT2D eigenvalue weighted by atomic mass is 15.6. The zero-order valence-corrected chi connectivity index (χ0v) is 11.7. The Morgan fingerprint density at radius 3 is 2.50 bits per heavy atom. The van der Waals surface area contributed by atoms with Crippen molar-refractivity contribution in [1.82, 2.24) is 30.4 Å². The van der Waals surface area contributed by atoms with Gasteiger partial charge < -0.3 is 10.2 Å². The van der Waals surface area contributed by atoms with Crippen LogP contribution in [0.1, 0.15) is 33.0 Å². The van der Waals surface area contributed by atoms with E-state index in [1.54, 1.807) is 4.80 Å². The maximum atomic E-state index is 4.43. The molecule has 102 valence electrons. The molecule has 0 atom stereocenters. The minimum Gasteiger partial charge on any atom is -0.314 e. The first-order valence-electron chi connectivity index (χ1n) is 6.77. The molecule has 18 heavy (non-hydrogen) atoms. The summed E-state index contributed by atoms with van der Waals surface area (Å²) >= 11 is 0. The number of tetrazole rings is 1. The van der Waals surface area contributed by atoms with Gasteiger partial charge >= 0.3 is 0 Å². The van der Waals surface area contributed by atoms with Gasteiger partial charge in [-0.2, -0.15) is 4.80 Å². The van der Waals surface area contributed by atoms with Gasteiger partial charge in [-0.15, -0.1) is 10.2 Å². The minimum atomic E-state index is -0.0171. The lowest BCUT2D eigenvalue weighted by molar-refractivity contribution is 0.231. The van der Waals surface area contributed by atoms with E-state index < -0.39 is 0 Å². The van der Waals surface area contributed by atoms with Crippen molar-refractivity contribution >= 4 is 0 Å². The largest absolute Gasteiger partial charge is 0.314 e. The molecule has 1 aromatic heterocycles. The SMILES string of the molecule is CC(C)(C)c1nnn(CCCN2CCNCC2)n1. The molecule has 1 aromatic rings. The van der Waals surface area contributed by atoms with Crippen LogP contribution in [0.5, 0.6) is 0 Å². The molecule has 1 N–H and O–H groups in total. The lowest BCUT2D eigenvalue weighted by Crippen LogP contribution is -2.43. The van der Waals surface area contributed by atoms with Crippen molar-refractivity contribution in [3.8, 4) is 0 Å². The van der Waals surface area contributed by atoms with Gasteiger partial charge in [-0.1, -0.05) is 20.8 Å². The molecule has 1 aliphatic heterocycles. The van der Waals surface area contributed by atoms with E-state index in [1.165, 1.54) is 0 Å². The molecule has 2 heterocycles. The highest BCUT2D eigenvalue weighted by molar-refractivity contribution is 4.95. The molecule has 0 spiro atoms. The minimum absolute atomic E-state index is 0.0171. The van der Waals surface area contributed by atoms with E-state index in [0.717, 1.165) is 51.5 Å². The van der Waals surface area contributed by atoms with Crippen molar-refractivity contribution in [3.63, 3.8) is 0 Å². The van der Waals surface area contributed by atoms with Crippen LogP contribution in [-0.4, -0.2) is 57.8 Å². The van der Waals surface area contributed by atoms with Crippen molar-refractivity contribution in [3.05, 3.63) is 5.82 Å². The Morgan fingerprint density at radius 1 is 1.17 bits per heavy atom. The summed E-state index contributed by atoms with van der Waals surface area (Å²) in [6, 6.07) is 0. The first kappa shape index (κ1) is 13.4. The first-order valence-corrected chi connectivity index (χ1v) is 6.77. The predicted octanol–water partition coefficient (Wildman–Crippen LogP) is 0.266. The summed E-state index contributed by atoms with van der Waals surface area (Å²) in [5.41, 5.74) is -0.0171. The van der Waals surface area contributed by atoms with Crippen LogP contribution in [0.25, 0.3) is 0 Å². The molecule has 1 fully saturated rings. The number of aryl methyl sites for hydroxylation is 1. The average Bonchev–Trinajstić information content (AvgIpc) is 2.79. The summed E-state index contributed by atoms with van der Waals surface area (Å²) < 4.78 is 0. The maximum Gasteiger partial charge on any atom is 0.180 e. The van der Waals surface area contributed by atoms with E-state index in [1.807, 2.05) is 0 Å². The molecule has 0 saturated carbocycles. The number of hydrogen-bond donors (Lipinski definition) is 1. The predicted molar refractivity (Wildman–Crippen MR) is 70.4 cm³/mol. The van der Waals surface area contributed by atoms with Crippen LogP contribution < -0.4 is 5.32 Å². The summed E-state index contributed by atoms with van der Waals surface area (Å²) in [5, 5.41) is 16.0. The Hall–Kier alpha value is -1.01. The molecule has 6 nitrogen and oxygen atoms in total. The Morgan fingerprint density at radius 2 is 1.89 bits per heavy atom. The van der Waals surface area contributed by atoms with Crippen molar-refractivity contribution < 1.29 is 0 Å². The second-order valence-electron chi connectivity index (χ2n) is 5.90. The lowest BCUT2D eigenvalue weighted by Gasteiger charge is -2.26. The van der Waals surface area contributed by atoms with Crippen molar-refractivity contribution in [1.29, 1.82) is 0 Å². The molecule has 0 aromatic carbocycles. The summed E-state index contributed by atoms with van der Waals surface area (Å²) in [6.07, 6.45) is 1.08. The third kappa shape index (κ3) is 3.74. The molecular weight excluding hydrogens is 228 g/mol. The van der Waals surface area contributed by atoms with Crippen LogP contribution in [0.2, 0.25) is 0 Å². The fourth-order valence-corrected chi connectivity index (χ4v) is 2.01. The van der Waals surface area contributed by atoms with E-state index in [0.29, 0.717) is 0 Å². The van der Waals surface area contributed by atoms with E-state index in [2.05, 4.69) is 46.4 Å². The molecule has 6 heteroatoms. The quantitative estimate of drug-likeness (QED) is 0.833. The smallest absolute Gasteiger partial charge is 0.180 e. The molecule has 1 aliphatic rings. The number of nitrogens with one attached hydrogen (secondary N) is 1. The zero-order valence-electron chi connectivity index (χ0n) is 11.7. The summed E-state index contributed by atoms with van der Waals surface area (Å²) in [4.78, 5) is 4.21. The molecular formula is C12H24N6. The van der Waals surface area contributed by atoms with Crippen molar-refractivity contribution in [2.45, 2.75) is 39.2 Å². The Labute approximate surface area is 109 Å². The normalized spacial score (nSPS) is 18.2. The van der Waals surface area contributed by atoms with Crippen LogP contribution in [0.15, 0.2) is 0 Å². The molecule has 1 saturated heterocycles. The number of hydrogen-bond acceptors (Lipinski definition) is 5. The number of piperazine rings is 1. The Balaban J connectivity index is 1.74. The van der Waals surface area contributed by atoms with Gasteiger partial charge in [0.2, 0.25) is 0 Å². The van der Waals surface area contributed by atoms with Crippen LogP contribution in [0, 0.1) is 0 Å². The molecule has 0 unspecified atom stereocenters. The zero-order chi connectivity index (χ0) is 13.0. The van der Waals surface area contributed by atoms with Crippen LogP contribution in [-0.2, 0) is 12.0 Å². The maximum absolute atomic E-state index is 4.43. The topological polar surface area (TPSA) is 58.9 Å². The van der Waals surface area contributed by atoms with Crippen molar-refractivity contribution in [2.24, 2.45) is 0 Å². The number of rotatable bonds is 4. The molecule has 0 amide bonds. The van der Waals surface area contributed by atoms with Gasteiger partial charge in [0, 0.05) is 38.1 Å². The van der Waals surface area contributed by atoms with Crippen molar-refractivity contribution in [2.75, 3.05) is 32.7 Å². The number of nitrogens with zero attached hydrogens (tertiary/aromatic N) is 5. The summed E-state index contributed by atoms with van der Waals surface area (Å²) in [5.74, 6) is 0.824. The molecule has 0 bridgehead atoms. The van der Waals surface area contributed by atoms with Crippen LogP contribution >= 0.6 is 0 Å². The second kappa shape index (κ2) is 5.75. The fraction of sp³-hybridized carbons (Fsp3) is 0.917. The van der Waals surface area contributed by atoms with Gasteiger partial charge in [-0.25, -0.2) is 0 Å². The standard InChI is InChI=1S/C12H24N6/c1-12(2,3)11-14-16-18(15-11)8-4-7-17-9-5-13-6-10-17/h13H,4-10H2,1-3H3. The van der Waals surface area contributed by atoms with E-state index in [4.69, 9.17) is 0 Å². The van der Waals surface area contributed by atoms with E-state index in [9.17, 15) is 0 Å². The van der Waals surface area contributed by atoms with Gasteiger partial charge in [0.1, 0.15) is 0 Å². The third-order valence-corrected chi connectivity index (χ3v) is 3.17. The Bertz CT molecular complexity index is 361. The average molecular weight is 252 g/mol. The summed E-state index contributed by atoms with van der Waals surface area (Å²) in [7, 11) is 0.